The van der Waals surface area contributed by atoms with Crippen molar-refractivity contribution in [3.8, 4) is 0 Å². The molecule has 0 saturated carbocycles. The Labute approximate surface area is 184 Å². The number of carbonyl (C=O) groups excluding carboxylic acids is 1. The normalized spacial score (nSPS) is 13.8. The molecule has 1 aliphatic rings. The summed E-state index contributed by atoms with van der Waals surface area (Å²) in [5.74, 6) is -3.11. The summed E-state index contributed by atoms with van der Waals surface area (Å²) < 4.78 is 37.3. The third-order valence-corrected chi connectivity index (χ3v) is 5.78. The van der Waals surface area contributed by atoms with E-state index in [4.69, 9.17) is 4.42 Å². The highest BCUT2D eigenvalue weighted by Crippen LogP contribution is 2.40. The van der Waals surface area contributed by atoms with E-state index in [-0.39, 0.29) is 63.0 Å². The van der Waals surface area contributed by atoms with E-state index in [1.165, 1.54) is 30.0 Å². The van der Waals surface area contributed by atoms with Gasteiger partial charge >= 0.3 is 5.97 Å². The van der Waals surface area contributed by atoms with E-state index in [0.29, 0.717) is 0 Å². The highest BCUT2D eigenvalue weighted by atomic mass is 19.1. The van der Waals surface area contributed by atoms with Gasteiger partial charge in [-0.25, -0.2) is 13.6 Å². The van der Waals surface area contributed by atoms with Gasteiger partial charge in [-0.3, -0.25) is 9.59 Å². The zero-order valence-corrected chi connectivity index (χ0v) is 17.3. The number of fused-ring (bicyclic) bond motifs is 3. The number of Topliss-reactive ketones (excluding diaryl/α,β-unsaturated/α-hetero) is 1. The first-order chi connectivity index (χ1) is 15.8. The molecule has 5 rings (SSSR count). The molecule has 0 amide bonds. The number of ketones is 1. The quantitative estimate of drug-likeness (QED) is 0.507. The zero-order valence-electron chi connectivity index (χ0n) is 17.3. The number of hydrogen-bond acceptors (Lipinski definition) is 4. The maximum atomic E-state index is 14.9. The highest BCUT2D eigenvalue weighted by molar-refractivity contribution is 6.29. The molecule has 166 valence electrons. The van der Waals surface area contributed by atoms with E-state index in [0.717, 1.165) is 22.9 Å². The van der Waals surface area contributed by atoms with Gasteiger partial charge in [-0.1, -0.05) is 18.2 Å². The van der Waals surface area contributed by atoms with Gasteiger partial charge in [0.2, 0.25) is 0 Å². The Morgan fingerprint density at radius 1 is 1.21 bits per heavy atom. The van der Waals surface area contributed by atoms with Crippen molar-refractivity contribution in [2.24, 2.45) is 7.05 Å². The van der Waals surface area contributed by atoms with Crippen LogP contribution in [0, 0.1) is 11.6 Å². The zero-order chi connectivity index (χ0) is 23.4. The first kappa shape index (κ1) is 20.6. The average molecular weight is 450 g/mol. The van der Waals surface area contributed by atoms with E-state index in [1.54, 1.807) is 12.2 Å². The van der Waals surface area contributed by atoms with Gasteiger partial charge in [0.15, 0.2) is 5.78 Å². The Kier molecular flexibility index (Phi) is 4.63. The number of carbonyl (C=O) groups is 2. The maximum Gasteiger partial charge on any atom is 0.353 e. The van der Waals surface area contributed by atoms with Crippen molar-refractivity contribution < 1.29 is 27.9 Å². The number of halogens is 2. The minimum absolute atomic E-state index is 0.0658. The van der Waals surface area contributed by atoms with Gasteiger partial charge in [-0.2, -0.15) is 0 Å². The van der Waals surface area contributed by atoms with Crippen LogP contribution in [0.2, 0.25) is 0 Å². The molecule has 4 aromatic rings. The van der Waals surface area contributed by atoms with Gasteiger partial charge in [0.1, 0.15) is 22.9 Å². The fraction of sp³-hybridized carbons (Fsp3) is 0.125. The highest BCUT2D eigenvalue weighted by Gasteiger charge is 2.31. The number of pyridine rings is 1. The summed E-state index contributed by atoms with van der Waals surface area (Å²) in [6.07, 6.45) is 7.11. The number of hydrogen-bond donors (Lipinski definition) is 1. The van der Waals surface area contributed by atoms with Crippen LogP contribution in [0.25, 0.3) is 27.4 Å². The number of aromatic carboxylic acids is 1. The molecule has 1 aromatic carbocycles. The van der Waals surface area contributed by atoms with Crippen LogP contribution >= 0.6 is 0 Å². The molecule has 33 heavy (non-hydrogen) atoms. The Morgan fingerprint density at radius 3 is 2.73 bits per heavy atom. The van der Waals surface area contributed by atoms with Gasteiger partial charge < -0.3 is 18.7 Å². The van der Waals surface area contributed by atoms with Gasteiger partial charge in [-0.05, 0) is 12.1 Å². The van der Waals surface area contributed by atoms with Crippen molar-refractivity contribution in [2.45, 2.75) is 13.0 Å². The molecule has 0 unspecified atom stereocenters. The molecule has 0 bridgehead atoms. The van der Waals surface area contributed by atoms with Crippen molar-refractivity contribution >= 4 is 39.2 Å². The summed E-state index contributed by atoms with van der Waals surface area (Å²) in [4.78, 5) is 37.3. The lowest BCUT2D eigenvalue weighted by Gasteiger charge is -2.12. The number of benzene rings is 1. The second-order valence-corrected chi connectivity index (χ2v) is 7.76. The van der Waals surface area contributed by atoms with Gasteiger partial charge in [0.05, 0.1) is 29.1 Å². The minimum atomic E-state index is -1.39. The van der Waals surface area contributed by atoms with Crippen LogP contribution in [-0.2, 0) is 18.4 Å². The Bertz CT molecular complexity index is 1620. The van der Waals surface area contributed by atoms with Crippen LogP contribution in [0.3, 0.4) is 0 Å². The minimum Gasteiger partial charge on any atom is -0.477 e. The van der Waals surface area contributed by atoms with Crippen molar-refractivity contribution in [2.75, 3.05) is 0 Å². The molecule has 1 N–H and O–H groups in total. The molecule has 0 atom stereocenters. The van der Waals surface area contributed by atoms with Gasteiger partial charge in [0.25, 0.3) is 5.56 Å². The molecule has 0 radical (unpaired) electrons. The summed E-state index contributed by atoms with van der Waals surface area (Å²) in [6.45, 7) is -0.372. The fourth-order valence-electron chi connectivity index (χ4n) is 4.25. The summed E-state index contributed by atoms with van der Waals surface area (Å²) in [5.41, 5.74) is -0.519. The maximum absolute atomic E-state index is 14.9. The average Bonchev–Trinajstić information content (AvgIpc) is 3.36. The van der Waals surface area contributed by atoms with Crippen LogP contribution < -0.4 is 5.56 Å². The van der Waals surface area contributed by atoms with Crippen LogP contribution in [0.4, 0.5) is 8.78 Å². The van der Waals surface area contributed by atoms with Crippen LogP contribution in [0.15, 0.2) is 58.1 Å². The number of carboxylic acid groups (broad SMARTS) is 1. The first-order valence-electron chi connectivity index (χ1n) is 9.98. The topological polar surface area (TPSA) is 94.4 Å². The van der Waals surface area contributed by atoms with Gasteiger partial charge in [-0.15, -0.1) is 0 Å². The van der Waals surface area contributed by atoms with Crippen molar-refractivity contribution in [3.05, 3.63) is 87.7 Å². The summed E-state index contributed by atoms with van der Waals surface area (Å²) >= 11 is 0. The monoisotopic (exact) mass is 450 g/mol. The number of aromatic nitrogens is 2. The number of furan rings is 1. The lowest BCUT2D eigenvalue weighted by Crippen LogP contribution is -2.19. The fourth-order valence-corrected chi connectivity index (χ4v) is 4.25. The molecule has 0 aliphatic heterocycles. The van der Waals surface area contributed by atoms with Crippen LogP contribution in [-0.4, -0.2) is 26.0 Å². The predicted octanol–water partition coefficient (Wildman–Crippen LogP) is 4.02. The smallest absolute Gasteiger partial charge is 0.353 e. The molecule has 3 aromatic heterocycles. The standard InChI is InChI=1S/C24H16F2N2O5/c1-27-11-16(26)12(8-19(27)30)10-28-17-9-15(25)13-6-7-33-23(13)21(17)20(22(28)24(31)32)14-4-2-3-5-18(14)29/h2-4,6-9,11H,5,10H2,1H3,(H,31,32). The molecule has 0 fully saturated rings. The van der Waals surface area contributed by atoms with Crippen LogP contribution in [0.1, 0.15) is 28.0 Å². The summed E-state index contributed by atoms with van der Waals surface area (Å²) in [5, 5.41) is 10.5. The van der Waals surface area contributed by atoms with Crippen molar-refractivity contribution in [1.82, 2.24) is 9.13 Å². The number of carboxylic acids is 1. The van der Waals surface area contributed by atoms with Crippen molar-refractivity contribution in [3.63, 3.8) is 0 Å². The number of aryl methyl sites for hydroxylation is 1. The Morgan fingerprint density at radius 2 is 2.00 bits per heavy atom. The Hall–Kier alpha value is -4.27. The van der Waals surface area contributed by atoms with E-state index >= 15 is 0 Å². The van der Waals surface area contributed by atoms with Crippen LogP contribution in [0.5, 0.6) is 0 Å². The molecule has 0 spiro atoms. The van der Waals surface area contributed by atoms with E-state index < -0.39 is 23.2 Å². The first-order valence-corrected chi connectivity index (χ1v) is 9.98. The third-order valence-electron chi connectivity index (χ3n) is 5.78. The lowest BCUT2D eigenvalue weighted by atomic mass is 9.93. The lowest BCUT2D eigenvalue weighted by molar-refractivity contribution is -0.113. The van der Waals surface area contributed by atoms with E-state index in [2.05, 4.69) is 0 Å². The molecular weight excluding hydrogens is 434 g/mol. The summed E-state index contributed by atoms with van der Waals surface area (Å²) in [6, 6.07) is 3.59. The predicted molar refractivity (Wildman–Crippen MR) is 116 cm³/mol. The largest absolute Gasteiger partial charge is 0.477 e. The molecule has 7 nitrogen and oxygen atoms in total. The third kappa shape index (κ3) is 3.12. The Balaban J connectivity index is 1.92. The second kappa shape index (κ2) is 7.40. The van der Waals surface area contributed by atoms with Crippen molar-refractivity contribution in [1.29, 1.82) is 0 Å². The molecule has 9 heteroatoms. The number of rotatable bonds is 4. The molecule has 1 aliphatic carbocycles. The molecular formula is C24H16F2N2O5. The van der Waals surface area contributed by atoms with E-state index in [9.17, 15) is 28.3 Å². The summed E-state index contributed by atoms with van der Waals surface area (Å²) in [7, 11) is 1.39. The molecule has 0 saturated heterocycles. The number of nitrogens with zero attached hydrogens (tertiary/aromatic N) is 2. The van der Waals surface area contributed by atoms with Gasteiger partial charge in [0, 0.05) is 42.4 Å². The van der Waals surface area contributed by atoms with E-state index in [1.807, 2.05) is 0 Å². The number of allylic oxidation sites excluding steroid dienone is 4. The molecule has 3 heterocycles. The SMILES string of the molecule is Cn1cc(F)c(Cn2c(C(=O)O)c(C3=CC=CCC3=O)c3c4occc4c(F)cc32)cc1=O. The second-order valence-electron chi connectivity index (χ2n) is 7.76.